The fourth-order valence-electron chi connectivity index (χ4n) is 2.23. The van der Waals surface area contributed by atoms with Gasteiger partial charge < -0.3 is 16.2 Å². The van der Waals surface area contributed by atoms with Crippen molar-refractivity contribution in [2.75, 3.05) is 0 Å². The molecule has 1 amide bonds. The van der Waals surface area contributed by atoms with E-state index in [1.165, 1.54) is 12.1 Å². The fraction of sp³-hybridized carbons (Fsp3) is 0.417. The third-order valence-corrected chi connectivity index (χ3v) is 4.07. The van der Waals surface area contributed by atoms with Crippen LogP contribution in [0.4, 0.5) is 5.69 Å². The second kappa shape index (κ2) is 5.37. The topological polar surface area (TPSA) is 121 Å². The molecule has 1 fully saturated rings. The summed E-state index contributed by atoms with van der Waals surface area (Å²) >= 11 is 3.27. The van der Waals surface area contributed by atoms with Crippen LogP contribution >= 0.6 is 15.9 Å². The van der Waals surface area contributed by atoms with Crippen LogP contribution in [0.25, 0.3) is 0 Å². The average molecular weight is 344 g/mol. The number of nitrogens with two attached hydrogens (primary N) is 2. The molecule has 1 aromatic carbocycles. The Balaban J connectivity index is 2.14. The van der Waals surface area contributed by atoms with Gasteiger partial charge in [-0.2, -0.15) is 0 Å². The summed E-state index contributed by atoms with van der Waals surface area (Å²) in [5.74, 6) is -0.195. The molecule has 0 bridgehead atoms. The first-order valence-corrected chi connectivity index (χ1v) is 6.80. The smallest absolute Gasteiger partial charge is 0.273 e. The van der Waals surface area contributed by atoms with E-state index in [0.717, 1.165) is 0 Å². The van der Waals surface area contributed by atoms with Gasteiger partial charge in [0.05, 0.1) is 21.0 Å². The van der Waals surface area contributed by atoms with Gasteiger partial charge in [0.1, 0.15) is 11.9 Å². The molecule has 1 saturated carbocycles. The summed E-state index contributed by atoms with van der Waals surface area (Å²) < 4.78 is 6.31. The van der Waals surface area contributed by atoms with Gasteiger partial charge in [0.2, 0.25) is 5.91 Å². The highest BCUT2D eigenvalue weighted by molar-refractivity contribution is 9.10. The minimum atomic E-state index is -1.06. The van der Waals surface area contributed by atoms with Crippen LogP contribution in [0.15, 0.2) is 22.7 Å². The van der Waals surface area contributed by atoms with E-state index in [2.05, 4.69) is 15.9 Å². The lowest BCUT2D eigenvalue weighted by Crippen LogP contribution is -2.50. The number of carbonyl (C=O) groups is 1. The molecule has 7 nitrogen and oxygen atoms in total. The van der Waals surface area contributed by atoms with Crippen LogP contribution in [0.2, 0.25) is 0 Å². The molecule has 1 aliphatic rings. The molecule has 1 aromatic rings. The molecule has 0 radical (unpaired) electrons. The van der Waals surface area contributed by atoms with E-state index in [1.807, 2.05) is 0 Å². The first-order valence-electron chi connectivity index (χ1n) is 6.01. The van der Waals surface area contributed by atoms with Crippen molar-refractivity contribution in [3.63, 3.8) is 0 Å². The van der Waals surface area contributed by atoms with Crippen LogP contribution in [0.1, 0.15) is 19.3 Å². The minimum absolute atomic E-state index is 0.0601. The molecular weight excluding hydrogens is 330 g/mol. The lowest BCUT2D eigenvalue weighted by Gasteiger charge is -2.20. The molecule has 0 heterocycles. The lowest BCUT2D eigenvalue weighted by molar-refractivity contribution is -0.385. The van der Waals surface area contributed by atoms with Crippen molar-refractivity contribution >= 4 is 27.5 Å². The maximum atomic E-state index is 11.3. The largest absolute Gasteiger partial charge is 0.489 e. The molecule has 1 aliphatic carbocycles. The van der Waals surface area contributed by atoms with Crippen LogP contribution in [-0.4, -0.2) is 22.5 Å². The Morgan fingerprint density at radius 3 is 2.80 bits per heavy atom. The number of benzene rings is 1. The summed E-state index contributed by atoms with van der Waals surface area (Å²) in [5, 5.41) is 10.7. The third-order valence-electron chi connectivity index (χ3n) is 3.41. The first-order chi connectivity index (χ1) is 9.32. The zero-order valence-electron chi connectivity index (χ0n) is 10.5. The van der Waals surface area contributed by atoms with Gasteiger partial charge in [-0.15, -0.1) is 0 Å². The predicted molar refractivity (Wildman–Crippen MR) is 75.2 cm³/mol. The van der Waals surface area contributed by atoms with Gasteiger partial charge in [-0.25, -0.2) is 0 Å². The van der Waals surface area contributed by atoms with Crippen molar-refractivity contribution < 1.29 is 14.5 Å². The van der Waals surface area contributed by atoms with Gasteiger partial charge in [-0.3, -0.25) is 14.9 Å². The Bertz CT molecular complexity index is 566. The number of hydrogen-bond donors (Lipinski definition) is 2. The maximum absolute atomic E-state index is 11.3. The number of nitrogens with zero attached hydrogens (tertiary/aromatic N) is 1. The van der Waals surface area contributed by atoms with Crippen molar-refractivity contribution in [3.05, 3.63) is 32.8 Å². The molecule has 0 aromatic heterocycles. The molecule has 8 heteroatoms. The summed E-state index contributed by atoms with van der Waals surface area (Å²) in [6, 6.07) is 4.26. The molecule has 2 unspecified atom stereocenters. The number of halogens is 1. The predicted octanol–water partition coefficient (Wildman–Crippen LogP) is 1.47. The molecule has 0 aliphatic heterocycles. The van der Waals surface area contributed by atoms with Crippen molar-refractivity contribution in [2.45, 2.75) is 30.9 Å². The van der Waals surface area contributed by atoms with E-state index >= 15 is 0 Å². The number of hydrogen-bond acceptors (Lipinski definition) is 5. The minimum Gasteiger partial charge on any atom is -0.489 e. The number of nitro benzene ring substituents is 1. The van der Waals surface area contributed by atoms with E-state index in [1.54, 1.807) is 6.07 Å². The summed E-state index contributed by atoms with van der Waals surface area (Å²) in [6.07, 6.45) is 1.04. The number of ether oxygens (including phenoxy) is 1. The first kappa shape index (κ1) is 14.7. The van der Waals surface area contributed by atoms with Crippen LogP contribution in [0.3, 0.4) is 0 Å². The van der Waals surface area contributed by atoms with Gasteiger partial charge >= 0.3 is 0 Å². The van der Waals surface area contributed by atoms with Crippen LogP contribution in [0, 0.1) is 10.1 Å². The van der Waals surface area contributed by atoms with Crippen LogP contribution < -0.4 is 16.2 Å². The molecule has 4 N–H and O–H groups in total. The standard InChI is InChI=1S/C12H14BrN3O4/c13-9-2-1-7(16(18)19)5-10(9)20-8-3-4-12(15,6-8)11(14)17/h1-2,5,8H,3-4,6,15H2,(H2,14,17). The Labute approximate surface area is 123 Å². The third kappa shape index (κ3) is 2.91. The summed E-state index contributed by atoms with van der Waals surface area (Å²) in [4.78, 5) is 21.5. The number of carbonyl (C=O) groups excluding carboxylic acids is 1. The summed E-state index contributed by atoms with van der Waals surface area (Å²) in [7, 11) is 0. The molecule has 2 atom stereocenters. The molecule has 108 valence electrons. The van der Waals surface area contributed by atoms with Crippen molar-refractivity contribution in [1.29, 1.82) is 0 Å². The van der Waals surface area contributed by atoms with Gasteiger partial charge in [0.25, 0.3) is 5.69 Å². The number of rotatable bonds is 4. The highest BCUT2D eigenvalue weighted by Gasteiger charge is 2.41. The van der Waals surface area contributed by atoms with Crippen molar-refractivity contribution in [1.82, 2.24) is 0 Å². The lowest BCUT2D eigenvalue weighted by atomic mass is 9.99. The van der Waals surface area contributed by atoms with Crippen LogP contribution in [0.5, 0.6) is 5.75 Å². The van der Waals surface area contributed by atoms with E-state index in [4.69, 9.17) is 16.2 Å². The second-order valence-corrected chi connectivity index (χ2v) is 5.73. The summed E-state index contributed by atoms with van der Waals surface area (Å²) in [5.41, 5.74) is 10.0. The highest BCUT2D eigenvalue weighted by Crippen LogP contribution is 2.35. The van der Waals surface area contributed by atoms with E-state index in [9.17, 15) is 14.9 Å². The molecule has 2 rings (SSSR count). The monoisotopic (exact) mass is 343 g/mol. The molecule has 0 saturated heterocycles. The SMILES string of the molecule is NC(=O)C1(N)CCC(Oc2cc([N+](=O)[O-])ccc2Br)C1. The Morgan fingerprint density at radius 2 is 2.25 bits per heavy atom. The highest BCUT2D eigenvalue weighted by atomic mass is 79.9. The average Bonchev–Trinajstić information content (AvgIpc) is 2.75. The molecule has 0 spiro atoms. The van der Waals surface area contributed by atoms with Crippen LogP contribution in [-0.2, 0) is 4.79 Å². The van der Waals surface area contributed by atoms with Gasteiger partial charge in [0, 0.05) is 12.5 Å². The normalized spacial score (nSPS) is 25.4. The number of nitro groups is 1. The van der Waals surface area contributed by atoms with E-state index < -0.39 is 16.4 Å². The van der Waals surface area contributed by atoms with Gasteiger partial charge in [-0.05, 0) is 34.8 Å². The molecule has 20 heavy (non-hydrogen) atoms. The van der Waals surface area contributed by atoms with E-state index in [0.29, 0.717) is 29.5 Å². The zero-order valence-corrected chi connectivity index (χ0v) is 12.1. The van der Waals surface area contributed by atoms with Gasteiger partial charge in [-0.1, -0.05) is 0 Å². The van der Waals surface area contributed by atoms with Crippen molar-refractivity contribution in [3.8, 4) is 5.75 Å². The molecular formula is C12H14BrN3O4. The number of primary amides is 1. The Morgan fingerprint density at radius 1 is 1.55 bits per heavy atom. The van der Waals surface area contributed by atoms with E-state index in [-0.39, 0.29) is 11.8 Å². The zero-order chi connectivity index (χ0) is 14.9. The quantitative estimate of drug-likeness (QED) is 0.633. The number of amides is 1. The maximum Gasteiger partial charge on any atom is 0.273 e. The second-order valence-electron chi connectivity index (χ2n) is 4.87. The van der Waals surface area contributed by atoms with Gasteiger partial charge in [0.15, 0.2) is 0 Å². The Hall–Kier alpha value is -1.67. The summed E-state index contributed by atoms with van der Waals surface area (Å²) in [6.45, 7) is 0. The Kier molecular flexibility index (Phi) is 3.96. The van der Waals surface area contributed by atoms with Crippen molar-refractivity contribution in [2.24, 2.45) is 11.5 Å². The number of non-ortho nitro benzene ring substituents is 1. The fourth-order valence-corrected chi connectivity index (χ4v) is 2.57.